The molecule has 3 rings (SSSR count). The molecule has 0 saturated carbocycles. The van der Waals surface area contributed by atoms with Gasteiger partial charge in [-0.15, -0.1) is 0 Å². The largest absolute Gasteiger partial charge is 0.483 e. The molecule has 0 radical (unpaired) electrons. The Hall–Kier alpha value is -3.01. The summed E-state index contributed by atoms with van der Waals surface area (Å²) in [5.41, 5.74) is 5.67. The van der Waals surface area contributed by atoms with E-state index < -0.39 is 0 Å². The van der Waals surface area contributed by atoms with Gasteiger partial charge in [-0.2, -0.15) is 0 Å². The van der Waals surface area contributed by atoms with E-state index in [-0.39, 0.29) is 6.47 Å². The first-order valence-corrected chi connectivity index (χ1v) is 9.19. The summed E-state index contributed by atoms with van der Waals surface area (Å²) in [6.07, 6.45) is 2.31. The Bertz CT molecular complexity index is 849. The van der Waals surface area contributed by atoms with Crippen LogP contribution >= 0.6 is 0 Å². The van der Waals surface area contributed by atoms with E-state index in [1.807, 2.05) is 24.3 Å². The van der Waals surface area contributed by atoms with Crippen LogP contribution in [0.25, 0.3) is 22.6 Å². The van der Waals surface area contributed by atoms with Gasteiger partial charge in [0.1, 0.15) is 0 Å². The molecule has 0 saturated heterocycles. The Balaban J connectivity index is 0.000000817. The van der Waals surface area contributed by atoms with Crippen molar-refractivity contribution >= 4 is 6.47 Å². The number of rotatable bonds is 5. The van der Waals surface area contributed by atoms with Gasteiger partial charge >= 0.3 is 0 Å². The van der Waals surface area contributed by atoms with Crippen LogP contribution in [-0.2, 0) is 4.79 Å². The monoisotopic (exact) mass is 362 g/mol. The lowest BCUT2D eigenvalue weighted by Crippen LogP contribution is -2.06. The fourth-order valence-electron chi connectivity index (χ4n) is 3.28. The zero-order valence-corrected chi connectivity index (χ0v) is 16.1. The van der Waals surface area contributed by atoms with Crippen molar-refractivity contribution in [1.29, 1.82) is 0 Å². The topological polar surface area (TPSA) is 63.1 Å². The van der Waals surface area contributed by atoms with Crippen LogP contribution in [0.5, 0.6) is 0 Å². The second-order valence-corrected chi connectivity index (χ2v) is 6.42. The van der Waals surface area contributed by atoms with Crippen LogP contribution in [0.15, 0.2) is 60.7 Å². The molecule has 140 valence electrons. The quantitative estimate of drug-likeness (QED) is 0.589. The van der Waals surface area contributed by atoms with Crippen molar-refractivity contribution in [1.82, 2.24) is 9.97 Å². The molecule has 0 bridgehead atoms. The van der Waals surface area contributed by atoms with Crippen LogP contribution in [0.4, 0.5) is 0 Å². The maximum atomic E-state index is 8.36. The molecule has 0 aliphatic rings. The zero-order valence-electron chi connectivity index (χ0n) is 16.1. The molecule has 1 heterocycles. The lowest BCUT2D eigenvalue weighted by Gasteiger charge is -2.19. The van der Waals surface area contributed by atoms with Gasteiger partial charge in [-0.05, 0) is 19.3 Å². The Kier molecular flexibility index (Phi) is 7.68. The minimum Gasteiger partial charge on any atom is -0.483 e. The Labute approximate surface area is 161 Å². The van der Waals surface area contributed by atoms with Gasteiger partial charge in [0.15, 0.2) is 5.82 Å². The number of nitrogens with zero attached hydrogens (tertiary/aromatic N) is 2. The normalized spacial score (nSPS) is 11.2. The molecule has 0 amide bonds. The molecule has 0 aliphatic heterocycles. The number of aromatic nitrogens is 2. The second-order valence-electron chi connectivity index (χ2n) is 6.42. The number of carboxylic acid groups (broad SMARTS) is 1. The number of benzene rings is 2. The van der Waals surface area contributed by atoms with Gasteiger partial charge in [-0.1, -0.05) is 80.9 Å². The molecule has 1 unspecified atom stereocenters. The highest BCUT2D eigenvalue weighted by atomic mass is 16.3. The summed E-state index contributed by atoms with van der Waals surface area (Å²) in [4.78, 5) is 18.1. The third-order valence-corrected chi connectivity index (χ3v) is 4.43. The Morgan fingerprint density at radius 3 is 2.00 bits per heavy atom. The molecular formula is C23H26N2O2. The van der Waals surface area contributed by atoms with Crippen molar-refractivity contribution in [2.45, 2.75) is 39.5 Å². The highest BCUT2D eigenvalue weighted by Crippen LogP contribution is 2.33. The van der Waals surface area contributed by atoms with Crippen molar-refractivity contribution in [2.75, 3.05) is 0 Å². The highest BCUT2D eigenvalue weighted by molar-refractivity contribution is 5.68. The van der Waals surface area contributed by atoms with Gasteiger partial charge in [0.05, 0.1) is 5.69 Å². The summed E-state index contributed by atoms with van der Waals surface area (Å²) in [5.74, 6) is 1.26. The van der Waals surface area contributed by atoms with Gasteiger partial charge in [-0.25, -0.2) is 9.97 Å². The van der Waals surface area contributed by atoms with Crippen molar-refractivity contribution in [2.24, 2.45) is 0 Å². The standard InChI is InChI=1S/C22H24N2.CH2O2/c1-4-11-16(2)20-17(3)23-22(19-14-9-6-10-15-19)24-21(20)18-12-7-5-8-13-18;2-1-3/h5-10,12-16H,4,11H2,1-3H3;1H,(H,2,3). The zero-order chi connectivity index (χ0) is 19.6. The Morgan fingerprint density at radius 1 is 0.963 bits per heavy atom. The average Bonchev–Trinajstić information content (AvgIpc) is 2.69. The first-order valence-electron chi connectivity index (χ1n) is 9.19. The SMILES string of the molecule is CCCC(C)c1c(C)nc(-c2ccccc2)nc1-c1ccccc1.O=CO. The van der Waals surface area contributed by atoms with E-state index in [9.17, 15) is 0 Å². The lowest BCUT2D eigenvalue weighted by molar-refractivity contribution is -0.122. The van der Waals surface area contributed by atoms with Crippen molar-refractivity contribution in [3.05, 3.63) is 71.9 Å². The van der Waals surface area contributed by atoms with Crippen LogP contribution in [-0.4, -0.2) is 21.5 Å². The van der Waals surface area contributed by atoms with Gasteiger partial charge in [0, 0.05) is 22.4 Å². The van der Waals surface area contributed by atoms with Crippen LogP contribution in [0.3, 0.4) is 0 Å². The van der Waals surface area contributed by atoms with Gasteiger partial charge in [-0.3, -0.25) is 4.79 Å². The summed E-state index contributed by atoms with van der Waals surface area (Å²) >= 11 is 0. The smallest absolute Gasteiger partial charge is 0.290 e. The number of aryl methyl sites for hydroxylation is 1. The molecule has 0 spiro atoms. The predicted octanol–water partition coefficient (Wildman–Crippen LogP) is 5.72. The maximum absolute atomic E-state index is 8.36. The van der Waals surface area contributed by atoms with E-state index >= 15 is 0 Å². The molecule has 4 heteroatoms. The van der Waals surface area contributed by atoms with Crippen LogP contribution in [0, 0.1) is 6.92 Å². The van der Waals surface area contributed by atoms with E-state index in [4.69, 9.17) is 19.9 Å². The van der Waals surface area contributed by atoms with E-state index in [0.717, 1.165) is 41.2 Å². The molecule has 27 heavy (non-hydrogen) atoms. The summed E-state index contributed by atoms with van der Waals surface area (Å²) in [5, 5.41) is 6.89. The van der Waals surface area contributed by atoms with Crippen molar-refractivity contribution in [3.8, 4) is 22.6 Å². The van der Waals surface area contributed by atoms with Crippen molar-refractivity contribution < 1.29 is 9.90 Å². The van der Waals surface area contributed by atoms with E-state index in [2.05, 4.69) is 57.2 Å². The van der Waals surface area contributed by atoms with E-state index in [1.54, 1.807) is 0 Å². The first-order chi connectivity index (χ1) is 13.1. The summed E-state index contributed by atoms with van der Waals surface area (Å²) < 4.78 is 0. The van der Waals surface area contributed by atoms with Gasteiger partial charge in [0.2, 0.25) is 0 Å². The molecule has 3 aromatic rings. The molecular weight excluding hydrogens is 336 g/mol. The van der Waals surface area contributed by atoms with Gasteiger partial charge < -0.3 is 5.11 Å². The molecule has 1 N–H and O–H groups in total. The fourth-order valence-corrected chi connectivity index (χ4v) is 3.28. The maximum Gasteiger partial charge on any atom is 0.290 e. The average molecular weight is 362 g/mol. The van der Waals surface area contributed by atoms with E-state index in [1.165, 1.54) is 5.56 Å². The summed E-state index contributed by atoms with van der Waals surface area (Å²) in [6, 6.07) is 20.7. The number of hydrogen-bond acceptors (Lipinski definition) is 3. The third kappa shape index (κ3) is 5.23. The second kappa shape index (κ2) is 10.2. The molecule has 4 nitrogen and oxygen atoms in total. The van der Waals surface area contributed by atoms with E-state index in [0.29, 0.717) is 5.92 Å². The van der Waals surface area contributed by atoms with Crippen LogP contribution < -0.4 is 0 Å². The molecule has 2 aromatic carbocycles. The molecule has 0 fully saturated rings. The summed E-state index contributed by atoms with van der Waals surface area (Å²) in [6.45, 7) is 6.37. The highest BCUT2D eigenvalue weighted by Gasteiger charge is 2.18. The fraction of sp³-hybridized carbons (Fsp3) is 0.261. The minimum absolute atomic E-state index is 0.250. The summed E-state index contributed by atoms with van der Waals surface area (Å²) in [7, 11) is 0. The first kappa shape index (κ1) is 20.3. The Morgan fingerprint density at radius 2 is 1.48 bits per heavy atom. The third-order valence-electron chi connectivity index (χ3n) is 4.43. The van der Waals surface area contributed by atoms with Crippen molar-refractivity contribution in [3.63, 3.8) is 0 Å². The minimum atomic E-state index is -0.250. The molecule has 1 aromatic heterocycles. The molecule has 0 aliphatic carbocycles. The number of carbonyl (C=O) groups is 1. The lowest BCUT2D eigenvalue weighted by atomic mass is 9.91. The predicted molar refractivity (Wildman–Crippen MR) is 110 cm³/mol. The van der Waals surface area contributed by atoms with Gasteiger partial charge in [0.25, 0.3) is 6.47 Å². The van der Waals surface area contributed by atoms with Crippen LogP contribution in [0.2, 0.25) is 0 Å². The number of hydrogen-bond donors (Lipinski definition) is 1. The van der Waals surface area contributed by atoms with Crippen LogP contribution in [0.1, 0.15) is 43.9 Å². The molecule has 1 atom stereocenters.